The normalized spacial score (nSPS) is 10.6. The molecule has 2 rings (SSSR count). The summed E-state index contributed by atoms with van der Waals surface area (Å²) in [5.74, 6) is 0. The predicted octanol–water partition coefficient (Wildman–Crippen LogP) is 2.84. The average Bonchev–Trinajstić information content (AvgIpc) is 2.81. The van der Waals surface area contributed by atoms with Crippen molar-refractivity contribution in [3.8, 4) is 0 Å². The first-order valence-electron chi connectivity index (χ1n) is 5.55. The molecule has 0 aliphatic rings. The molecule has 0 aliphatic carbocycles. The van der Waals surface area contributed by atoms with Crippen LogP contribution in [0.3, 0.4) is 0 Å². The second-order valence-corrected chi connectivity index (χ2v) is 4.68. The van der Waals surface area contributed by atoms with Crippen molar-refractivity contribution in [2.24, 2.45) is 0 Å². The van der Waals surface area contributed by atoms with Gasteiger partial charge in [-0.05, 0) is 17.7 Å². The number of thiazole rings is 1. The van der Waals surface area contributed by atoms with Crippen LogP contribution in [0.5, 0.6) is 0 Å². The highest BCUT2D eigenvalue weighted by Crippen LogP contribution is 2.12. The van der Waals surface area contributed by atoms with Crippen molar-refractivity contribution >= 4 is 11.3 Å². The summed E-state index contributed by atoms with van der Waals surface area (Å²) >= 11 is 1.71. The second kappa shape index (κ2) is 5.77. The lowest BCUT2D eigenvalue weighted by molar-refractivity contribution is 0.726. The van der Waals surface area contributed by atoms with E-state index in [1.807, 2.05) is 11.6 Å². The Balaban J connectivity index is 1.96. The zero-order valence-electron chi connectivity index (χ0n) is 9.44. The number of hydrogen-bond acceptors (Lipinski definition) is 3. The van der Waals surface area contributed by atoms with Gasteiger partial charge in [-0.25, -0.2) is 4.98 Å². The fourth-order valence-electron chi connectivity index (χ4n) is 1.56. The molecule has 0 saturated heterocycles. The first-order chi connectivity index (χ1) is 7.88. The summed E-state index contributed by atoms with van der Waals surface area (Å²) < 4.78 is 0. The molecule has 1 aromatic carbocycles. The number of benzene rings is 1. The Labute approximate surface area is 100 Å². The molecular weight excluding hydrogens is 216 g/mol. The van der Waals surface area contributed by atoms with Gasteiger partial charge in [0.05, 0.1) is 5.01 Å². The van der Waals surface area contributed by atoms with Gasteiger partial charge in [0.1, 0.15) is 0 Å². The zero-order chi connectivity index (χ0) is 11.2. The van der Waals surface area contributed by atoms with E-state index in [0.717, 1.165) is 19.5 Å². The van der Waals surface area contributed by atoms with Crippen molar-refractivity contribution in [2.45, 2.75) is 19.9 Å². The van der Waals surface area contributed by atoms with Crippen LogP contribution in [0.15, 0.2) is 35.8 Å². The molecule has 0 unspecified atom stereocenters. The highest BCUT2D eigenvalue weighted by atomic mass is 32.1. The van der Waals surface area contributed by atoms with Crippen molar-refractivity contribution in [2.75, 3.05) is 6.54 Å². The molecule has 0 spiro atoms. The molecule has 2 nitrogen and oxygen atoms in total. The molecule has 2 aromatic rings. The Hall–Kier alpha value is -1.19. The van der Waals surface area contributed by atoms with Crippen molar-refractivity contribution in [1.82, 2.24) is 10.3 Å². The summed E-state index contributed by atoms with van der Waals surface area (Å²) in [6, 6.07) is 8.75. The maximum atomic E-state index is 4.29. The van der Waals surface area contributed by atoms with Crippen molar-refractivity contribution in [1.29, 1.82) is 0 Å². The maximum absolute atomic E-state index is 4.29. The fraction of sp³-hybridized carbons (Fsp3) is 0.308. The summed E-state index contributed by atoms with van der Waals surface area (Å²) in [6.07, 6.45) is 2.80. The van der Waals surface area contributed by atoms with Crippen LogP contribution >= 0.6 is 11.3 Å². The largest absolute Gasteiger partial charge is 0.313 e. The van der Waals surface area contributed by atoms with Crippen LogP contribution < -0.4 is 5.32 Å². The van der Waals surface area contributed by atoms with Crippen molar-refractivity contribution in [3.05, 3.63) is 52.0 Å². The van der Waals surface area contributed by atoms with Gasteiger partial charge in [-0.2, -0.15) is 0 Å². The minimum Gasteiger partial charge on any atom is -0.313 e. The topological polar surface area (TPSA) is 24.9 Å². The summed E-state index contributed by atoms with van der Waals surface area (Å²) in [5.41, 5.74) is 2.67. The van der Waals surface area contributed by atoms with Gasteiger partial charge in [0.25, 0.3) is 0 Å². The molecule has 0 atom stereocenters. The number of aromatic nitrogens is 1. The van der Waals surface area contributed by atoms with E-state index < -0.39 is 0 Å². The minimum absolute atomic E-state index is 0.944. The Morgan fingerprint density at radius 1 is 1.19 bits per heavy atom. The lowest BCUT2D eigenvalue weighted by Gasteiger charge is -2.03. The van der Waals surface area contributed by atoms with Crippen LogP contribution in [0.25, 0.3) is 0 Å². The Kier molecular flexibility index (Phi) is 4.08. The highest BCUT2D eigenvalue weighted by molar-refractivity contribution is 7.09. The Morgan fingerprint density at radius 3 is 2.56 bits per heavy atom. The third-order valence-electron chi connectivity index (χ3n) is 2.44. The maximum Gasteiger partial charge on any atom is 0.0968 e. The highest BCUT2D eigenvalue weighted by Gasteiger charge is 1.98. The fourth-order valence-corrected chi connectivity index (χ4v) is 2.21. The molecule has 1 N–H and O–H groups in total. The summed E-state index contributed by atoms with van der Waals surface area (Å²) in [5, 5.41) is 6.52. The molecule has 3 heteroatoms. The van der Waals surface area contributed by atoms with Gasteiger partial charge < -0.3 is 5.32 Å². The number of nitrogens with zero attached hydrogens (tertiary/aromatic N) is 1. The smallest absolute Gasteiger partial charge is 0.0968 e. The molecule has 0 radical (unpaired) electrons. The molecule has 0 aliphatic heterocycles. The lowest BCUT2D eigenvalue weighted by atomic mass is 10.1. The van der Waals surface area contributed by atoms with Crippen LogP contribution in [0.2, 0.25) is 0 Å². The molecular formula is C13H16N2S. The van der Waals surface area contributed by atoms with Gasteiger partial charge in [-0.3, -0.25) is 0 Å². The van der Waals surface area contributed by atoms with Crippen molar-refractivity contribution < 1.29 is 0 Å². The Morgan fingerprint density at radius 2 is 1.94 bits per heavy atom. The zero-order valence-corrected chi connectivity index (χ0v) is 10.3. The van der Waals surface area contributed by atoms with E-state index in [0.29, 0.717) is 0 Å². The summed E-state index contributed by atoms with van der Waals surface area (Å²) in [4.78, 5) is 4.29. The summed E-state index contributed by atoms with van der Waals surface area (Å²) in [7, 11) is 0. The standard InChI is InChI=1S/C13H16N2S/c1-2-14-10-12-5-3-11(4-6-12)9-13-15-7-8-16-13/h3-8,14H,2,9-10H2,1H3. The monoisotopic (exact) mass is 232 g/mol. The molecule has 0 saturated carbocycles. The first kappa shape index (κ1) is 11.3. The van der Waals surface area contributed by atoms with E-state index in [9.17, 15) is 0 Å². The van der Waals surface area contributed by atoms with Gasteiger partial charge >= 0.3 is 0 Å². The molecule has 1 heterocycles. The number of hydrogen-bond donors (Lipinski definition) is 1. The van der Waals surface area contributed by atoms with Crippen LogP contribution in [-0.4, -0.2) is 11.5 Å². The molecule has 1 aromatic heterocycles. The number of rotatable bonds is 5. The Bertz CT molecular complexity index is 406. The van der Waals surface area contributed by atoms with Crippen LogP contribution in [-0.2, 0) is 13.0 Å². The van der Waals surface area contributed by atoms with E-state index in [-0.39, 0.29) is 0 Å². The lowest BCUT2D eigenvalue weighted by Crippen LogP contribution is -2.11. The van der Waals surface area contributed by atoms with Crippen LogP contribution in [0, 0.1) is 0 Å². The molecule has 0 bridgehead atoms. The molecule has 0 fully saturated rings. The van der Waals surface area contributed by atoms with E-state index in [1.54, 1.807) is 11.3 Å². The van der Waals surface area contributed by atoms with Crippen LogP contribution in [0.1, 0.15) is 23.1 Å². The van der Waals surface area contributed by atoms with Crippen LogP contribution in [0.4, 0.5) is 0 Å². The average molecular weight is 232 g/mol. The van der Waals surface area contributed by atoms with E-state index in [2.05, 4.69) is 41.5 Å². The van der Waals surface area contributed by atoms with Gasteiger partial charge in [0.15, 0.2) is 0 Å². The quantitative estimate of drug-likeness (QED) is 0.857. The van der Waals surface area contributed by atoms with Gasteiger partial charge in [-0.1, -0.05) is 31.2 Å². The molecule has 84 valence electrons. The molecule has 0 amide bonds. The van der Waals surface area contributed by atoms with E-state index in [1.165, 1.54) is 16.1 Å². The first-order valence-corrected chi connectivity index (χ1v) is 6.43. The van der Waals surface area contributed by atoms with Gasteiger partial charge in [0, 0.05) is 24.5 Å². The summed E-state index contributed by atoms with van der Waals surface area (Å²) in [6.45, 7) is 4.09. The molecule has 16 heavy (non-hydrogen) atoms. The predicted molar refractivity (Wildman–Crippen MR) is 68.7 cm³/mol. The van der Waals surface area contributed by atoms with Gasteiger partial charge in [0.2, 0.25) is 0 Å². The third-order valence-corrected chi connectivity index (χ3v) is 3.22. The van der Waals surface area contributed by atoms with Crippen molar-refractivity contribution in [3.63, 3.8) is 0 Å². The minimum atomic E-state index is 0.944. The van der Waals surface area contributed by atoms with Gasteiger partial charge in [-0.15, -0.1) is 11.3 Å². The number of nitrogens with one attached hydrogen (secondary N) is 1. The second-order valence-electron chi connectivity index (χ2n) is 3.70. The van der Waals surface area contributed by atoms with E-state index in [4.69, 9.17) is 0 Å². The third kappa shape index (κ3) is 3.15. The van der Waals surface area contributed by atoms with E-state index >= 15 is 0 Å². The SMILES string of the molecule is CCNCc1ccc(Cc2nccs2)cc1.